The Kier molecular flexibility index (Phi) is 6.87. The average molecular weight is 433 g/mol. The van der Waals surface area contributed by atoms with Gasteiger partial charge in [0, 0.05) is 18.7 Å². The Balaban J connectivity index is 1.76. The van der Waals surface area contributed by atoms with Crippen molar-refractivity contribution in [2.45, 2.75) is 33.2 Å². The van der Waals surface area contributed by atoms with Crippen molar-refractivity contribution in [2.75, 3.05) is 30.3 Å². The number of nitrogens with one attached hydrogen (secondary N) is 1. The maximum Gasteiger partial charge on any atom is 0.251 e. The molecule has 1 amide bonds. The molecular formula is C22H28N2O5S. The van der Waals surface area contributed by atoms with Gasteiger partial charge in [-0.1, -0.05) is 12.1 Å². The summed E-state index contributed by atoms with van der Waals surface area (Å²) >= 11 is 0. The highest BCUT2D eigenvalue weighted by Gasteiger charge is 2.27. The van der Waals surface area contributed by atoms with Crippen LogP contribution in [0.4, 0.5) is 5.69 Å². The lowest BCUT2D eigenvalue weighted by atomic mass is 10.1. The van der Waals surface area contributed by atoms with Crippen LogP contribution in [0.25, 0.3) is 0 Å². The second-order valence-corrected chi connectivity index (χ2v) is 9.21. The zero-order chi connectivity index (χ0) is 21.7. The summed E-state index contributed by atoms with van der Waals surface area (Å²) in [6, 6.07) is 10.7. The van der Waals surface area contributed by atoms with Crippen LogP contribution >= 0.6 is 0 Å². The molecule has 0 atom stereocenters. The number of aryl methyl sites for hydroxylation is 1. The second-order valence-electron chi connectivity index (χ2n) is 7.20. The Morgan fingerprint density at radius 1 is 1.13 bits per heavy atom. The predicted octanol–water partition coefficient (Wildman–Crippen LogP) is 3.26. The fraction of sp³-hybridized carbons (Fsp3) is 0.409. The summed E-state index contributed by atoms with van der Waals surface area (Å²) < 4.78 is 37.2. The first-order chi connectivity index (χ1) is 14.4. The minimum absolute atomic E-state index is 0.141. The van der Waals surface area contributed by atoms with Crippen LogP contribution in [0.15, 0.2) is 36.4 Å². The predicted molar refractivity (Wildman–Crippen MR) is 117 cm³/mol. The third-order valence-electron chi connectivity index (χ3n) is 5.07. The monoisotopic (exact) mass is 432 g/mol. The lowest BCUT2D eigenvalue weighted by Gasteiger charge is -2.29. The number of methoxy groups -OCH3 is 1. The Morgan fingerprint density at radius 3 is 2.63 bits per heavy atom. The number of amides is 1. The molecule has 2 aromatic carbocycles. The SMILES string of the molecule is CCOc1cc(CNC(=O)c2ccc(C)c(N3CCCCS3(=O)=O)c2)ccc1OC. The van der Waals surface area contributed by atoms with E-state index in [-0.39, 0.29) is 11.7 Å². The van der Waals surface area contributed by atoms with Crippen molar-refractivity contribution in [2.24, 2.45) is 0 Å². The number of ether oxygens (including phenoxy) is 2. The summed E-state index contributed by atoms with van der Waals surface area (Å²) in [5, 5.41) is 2.89. The minimum atomic E-state index is -3.34. The van der Waals surface area contributed by atoms with Crippen molar-refractivity contribution in [3.8, 4) is 11.5 Å². The quantitative estimate of drug-likeness (QED) is 0.726. The number of rotatable bonds is 7. The molecule has 7 nitrogen and oxygen atoms in total. The third-order valence-corrected chi connectivity index (χ3v) is 6.93. The Hall–Kier alpha value is -2.74. The van der Waals surface area contributed by atoms with Crippen molar-refractivity contribution < 1.29 is 22.7 Å². The molecule has 2 aromatic rings. The van der Waals surface area contributed by atoms with Gasteiger partial charge in [-0.3, -0.25) is 9.10 Å². The molecule has 0 bridgehead atoms. The van der Waals surface area contributed by atoms with Gasteiger partial charge in [-0.25, -0.2) is 8.42 Å². The molecule has 0 spiro atoms. The van der Waals surface area contributed by atoms with Gasteiger partial charge in [-0.05, 0) is 62.1 Å². The number of nitrogens with zero attached hydrogens (tertiary/aromatic N) is 1. The van der Waals surface area contributed by atoms with E-state index in [1.165, 1.54) is 4.31 Å². The number of carbonyl (C=O) groups excluding carboxylic acids is 1. The number of benzene rings is 2. The van der Waals surface area contributed by atoms with Crippen LogP contribution in [0.3, 0.4) is 0 Å². The van der Waals surface area contributed by atoms with E-state index in [2.05, 4.69) is 5.32 Å². The highest BCUT2D eigenvalue weighted by molar-refractivity contribution is 7.92. The molecule has 0 saturated carbocycles. The first-order valence-electron chi connectivity index (χ1n) is 10.0. The largest absolute Gasteiger partial charge is 0.493 e. The van der Waals surface area contributed by atoms with Gasteiger partial charge < -0.3 is 14.8 Å². The van der Waals surface area contributed by atoms with Crippen LogP contribution in [0.5, 0.6) is 11.5 Å². The molecular weight excluding hydrogens is 404 g/mol. The summed E-state index contributed by atoms with van der Waals surface area (Å²) in [5.74, 6) is 1.14. The topological polar surface area (TPSA) is 84.9 Å². The molecule has 30 heavy (non-hydrogen) atoms. The summed E-state index contributed by atoms with van der Waals surface area (Å²) in [4.78, 5) is 12.7. The molecule has 1 N–H and O–H groups in total. The van der Waals surface area contributed by atoms with Gasteiger partial charge in [0.05, 0.1) is 25.2 Å². The van der Waals surface area contributed by atoms with Crippen molar-refractivity contribution in [1.82, 2.24) is 5.32 Å². The van der Waals surface area contributed by atoms with Gasteiger partial charge in [0.25, 0.3) is 5.91 Å². The smallest absolute Gasteiger partial charge is 0.251 e. The summed E-state index contributed by atoms with van der Waals surface area (Å²) in [6.45, 7) is 5.02. The van der Waals surface area contributed by atoms with E-state index < -0.39 is 10.0 Å². The van der Waals surface area contributed by atoms with Gasteiger partial charge in [0.15, 0.2) is 11.5 Å². The van der Waals surface area contributed by atoms with Crippen LogP contribution < -0.4 is 19.1 Å². The third kappa shape index (κ3) is 4.87. The first-order valence-corrected chi connectivity index (χ1v) is 11.7. The number of anilines is 1. The number of carbonyl (C=O) groups is 1. The molecule has 0 radical (unpaired) electrons. The van der Waals surface area contributed by atoms with E-state index >= 15 is 0 Å². The van der Waals surface area contributed by atoms with E-state index in [1.54, 1.807) is 31.4 Å². The Morgan fingerprint density at radius 2 is 1.93 bits per heavy atom. The van der Waals surface area contributed by atoms with E-state index in [0.29, 0.717) is 48.9 Å². The molecule has 1 heterocycles. The molecule has 1 fully saturated rings. The van der Waals surface area contributed by atoms with Crippen LogP contribution in [-0.4, -0.2) is 40.3 Å². The molecule has 0 aromatic heterocycles. The summed E-state index contributed by atoms with van der Waals surface area (Å²) in [6.07, 6.45) is 1.48. The lowest BCUT2D eigenvalue weighted by molar-refractivity contribution is 0.0951. The number of hydrogen-bond acceptors (Lipinski definition) is 5. The highest BCUT2D eigenvalue weighted by atomic mass is 32.2. The van der Waals surface area contributed by atoms with Gasteiger partial charge in [-0.2, -0.15) is 0 Å². The van der Waals surface area contributed by atoms with E-state index in [1.807, 2.05) is 26.0 Å². The van der Waals surface area contributed by atoms with Crippen molar-refractivity contribution in [3.05, 3.63) is 53.1 Å². The van der Waals surface area contributed by atoms with E-state index in [0.717, 1.165) is 17.5 Å². The molecule has 8 heteroatoms. The maximum absolute atomic E-state index is 12.7. The van der Waals surface area contributed by atoms with E-state index in [9.17, 15) is 13.2 Å². The van der Waals surface area contributed by atoms with E-state index in [4.69, 9.17) is 9.47 Å². The molecule has 1 saturated heterocycles. The van der Waals surface area contributed by atoms with Gasteiger partial charge in [-0.15, -0.1) is 0 Å². The Bertz CT molecular complexity index is 1020. The zero-order valence-electron chi connectivity index (χ0n) is 17.6. The average Bonchev–Trinajstić information content (AvgIpc) is 2.73. The summed E-state index contributed by atoms with van der Waals surface area (Å²) in [7, 11) is -1.76. The zero-order valence-corrected chi connectivity index (χ0v) is 18.4. The molecule has 1 aliphatic heterocycles. The number of hydrogen-bond donors (Lipinski definition) is 1. The molecule has 1 aliphatic rings. The molecule has 162 valence electrons. The molecule has 0 aliphatic carbocycles. The van der Waals surface area contributed by atoms with Crippen LogP contribution in [-0.2, 0) is 16.6 Å². The molecule has 0 unspecified atom stereocenters. The van der Waals surface area contributed by atoms with Crippen LogP contribution in [0.1, 0.15) is 41.3 Å². The standard InChI is InChI=1S/C22H28N2O5S/c1-4-29-21-13-17(8-10-20(21)28-3)15-23-22(25)18-9-7-16(2)19(14-18)24-11-5-6-12-30(24,26)27/h7-10,13-14H,4-6,11-12,15H2,1-3H3,(H,23,25). The normalized spacial score (nSPS) is 15.5. The fourth-order valence-corrected chi connectivity index (χ4v) is 5.16. The molecule has 3 rings (SSSR count). The Labute approximate surface area is 178 Å². The van der Waals surface area contributed by atoms with Crippen LogP contribution in [0, 0.1) is 6.92 Å². The lowest BCUT2D eigenvalue weighted by Crippen LogP contribution is -2.38. The minimum Gasteiger partial charge on any atom is -0.493 e. The van der Waals surface area contributed by atoms with Crippen molar-refractivity contribution in [3.63, 3.8) is 0 Å². The summed E-state index contributed by atoms with van der Waals surface area (Å²) in [5.41, 5.74) is 2.70. The highest BCUT2D eigenvalue weighted by Crippen LogP contribution is 2.29. The van der Waals surface area contributed by atoms with Crippen LogP contribution in [0.2, 0.25) is 0 Å². The second kappa shape index (κ2) is 9.38. The maximum atomic E-state index is 12.7. The van der Waals surface area contributed by atoms with Gasteiger partial charge in [0.2, 0.25) is 10.0 Å². The van der Waals surface area contributed by atoms with Gasteiger partial charge >= 0.3 is 0 Å². The van der Waals surface area contributed by atoms with Crippen molar-refractivity contribution in [1.29, 1.82) is 0 Å². The first kappa shape index (κ1) is 22.0. The number of sulfonamides is 1. The van der Waals surface area contributed by atoms with Gasteiger partial charge in [0.1, 0.15) is 0 Å². The van der Waals surface area contributed by atoms with Crippen molar-refractivity contribution >= 4 is 21.6 Å². The fourth-order valence-electron chi connectivity index (χ4n) is 3.46.